The summed E-state index contributed by atoms with van der Waals surface area (Å²) in [6, 6.07) is 20.8. The highest BCUT2D eigenvalue weighted by Gasteiger charge is 2.30. The first-order chi connectivity index (χ1) is 17.1. The molecule has 0 saturated heterocycles. The van der Waals surface area contributed by atoms with Crippen LogP contribution in [-0.2, 0) is 12.7 Å². The van der Waals surface area contributed by atoms with Crippen molar-refractivity contribution in [3.8, 4) is 22.3 Å². The highest BCUT2D eigenvalue weighted by molar-refractivity contribution is 5.92. The molecule has 0 spiro atoms. The van der Waals surface area contributed by atoms with Crippen LogP contribution >= 0.6 is 0 Å². The molecule has 0 fully saturated rings. The van der Waals surface area contributed by atoms with Gasteiger partial charge < -0.3 is 0 Å². The molecule has 0 aliphatic heterocycles. The Kier molecular flexibility index (Phi) is 5.74. The van der Waals surface area contributed by atoms with E-state index in [9.17, 15) is 18.0 Å². The third kappa shape index (κ3) is 4.30. The number of aromatic nitrogens is 4. The number of rotatable bonds is 4. The van der Waals surface area contributed by atoms with Crippen molar-refractivity contribution in [2.45, 2.75) is 33.5 Å². The van der Waals surface area contributed by atoms with E-state index >= 15 is 0 Å². The summed E-state index contributed by atoms with van der Waals surface area (Å²) in [6.45, 7) is 5.89. The molecule has 0 atom stereocenters. The summed E-state index contributed by atoms with van der Waals surface area (Å²) >= 11 is 0. The van der Waals surface area contributed by atoms with E-state index in [1.54, 1.807) is 0 Å². The quantitative estimate of drug-likeness (QED) is 0.302. The molecule has 0 unspecified atom stereocenters. The molecule has 0 radical (unpaired) electrons. The maximum Gasteiger partial charge on any atom is 0.416 e. The first-order valence-electron chi connectivity index (χ1n) is 11.4. The van der Waals surface area contributed by atoms with Gasteiger partial charge in [0.05, 0.1) is 17.8 Å². The lowest BCUT2D eigenvalue weighted by Crippen LogP contribution is -2.23. The number of benzene rings is 3. The second-order valence-corrected chi connectivity index (χ2v) is 8.94. The molecule has 0 saturated carbocycles. The number of aryl methyl sites for hydroxylation is 3. The Balaban J connectivity index is 1.70. The van der Waals surface area contributed by atoms with Gasteiger partial charge in [-0.2, -0.15) is 22.8 Å². The minimum atomic E-state index is -4.42. The number of hydrogen-bond acceptors (Lipinski definition) is 3. The van der Waals surface area contributed by atoms with Crippen molar-refractivity contribution in [1.82, 2.24) is 19.4 Å². The Morgan fingerprint density at radius 1 is 0.722 bits per heavy atom. The van der Waals surface area contributed by atoms with Crippen LogP contribution in [-0.4, -0.2) is 19.4 Å². The van der Waals surface area contributed by atoms with Crippen LogP contribution in [0.5, 0.6) is 0 Å². The Morgan fingerprint density at radius 3 is 1.78 bits per heavy atom. The second-order valence-electron chi connectivity index (χ2n) is 8.94. The van der Waals surface area contributed by atoms with Crippen molar-refractivity contribution >= 4 is 5.65 Å². The molecular formula is C28H23F3N4O. The van der Waals surface area contributed by atoms with Crippen molar-refractivity contribution in [3.63, 3.8) is 0 Å². The molecule has 182 valence electrons. The predicted molar refractivity (Wildman–Crippen MR) is 133 cm³/mol. The fraction of sp³-hybridized carbons (Fsp3) is 0.179. The number of halogens is 3. The van der Waals surface area contributed by atoms with Gasteiger partial charge in [-0.25, -0.2) is 9.48 Å². The van der Waals surface area contributed by atoms with E-state index in [1.165, 1.54) is 21.3 Å². The molecule has 8 heteroatoms. The van der Waals surface area contributed by atoms with Crippen LogP contribution in [0.2, 0.25) is 0 Å². The van der Waals surface area contributed by atoms with Gasteiger partial charge in [0.15, 0.2) is 5.65 Å². The van der Waals surface area contributed by atoms with Gasteiger partial charge in [0.25, 0.3) is 0 Å². The smallest absolute Gasteiger partial charge is 0.244 e. The van der Waals surface area contributed by atoms with Gasteiger partial charge in [-0.1, -0.05) is 71.8 Å². The van der Waals surface area contributed by atoms with Crippen molar-refractivity contribution < 1.29 is 13.2 Å². The van der Waals surface area contributed by atoms with Crippen molar-refractivity contribution in [1.29, 1.82) is 0 Å². The highest BCUT2D eigenvalue weighted by Crippen LogP contribution is 2.36. The van der Waals surface area contributed by atoms with Crippen molar-refractivity contribution in [2.24, 2.45) is 0 Å². The third-order valence-corrected chi connectivity index (χ3v) is 6.20. The van der Waals surface area contributed by atoms with Gasteiger partial charge in [0.1, 0.15) is 0 Å². The molecule has 5 rings (SSSR count). The second kappa shape index (κ2) is 8.78. The van der Waals surface area contributed by atoms with Gasteiger partial charge in [-0.3, -0.25) is 0 Å². The molecule has 0 amide bonds. The van der Waals surface area contributed by atoms with Gasteiger partial charge in [0, 0.05) is 11.1 Å². The molecular weight excluding hydrogens is 465 g/mol. The third-order valence-electron chi connectivity index (χ3n) is 6.20. The molecule has 0 N–H and O–H groups in total. The lowest BCUT2D eigenvalue weighted by Gasteiger charge is -2.14. The van der Waals surface area contributed by atoms with Crippen LogP contribution < -0.4 is 5.69 Å². The highest BCUT2D eigenvalue weighted by atomic mass is 19.4. The Morgan fingerprint density at radius 2 is 1.25 bits per heavy atom. The van der Waals surface area contributed by atoms with Gasteiger partial charge in [0.2, 0.25) is 0 Å². The summed E-state index contributed by atoms with van der Waals surface area (Å²) in [7, 11) is 0. The van der Waals surface area contributed by atoms with E-state index in [0.717, 1.165) is 45.5 Å². The van der Waals surface area contributed by atoms with Crippen LogP contribution in [0, 0.1) is 20.8 Å². The van der Waals surface area contributed by atoms with Crippen LogP contribution in [0.1, 0.15) is 27.9 Å². The zero-order chi connectivity index (χ0) is 25.6. The number of hydrogen-bond donors (Lipinski definition) is 0. The molecule has 0 aliphatic rings. The zero-order valence-electron chi connectivity index (χ0n) is 20.0. The van der Waals surface area contributed by atoms with Gasteiger partial charge in [-0.15, -0.1) is 5.10 Å². The molecule has 5 nitrogen and oxygen atoms in total. The van der Waals surface area contributed by atoms with Crippen molar-refractivity contribution in [2.75, 3.05) is 0 Å². The Labute approximate surface area is 205 Å². The summed E-state index contributed by atoms with van der Waals surface area (Å²) < 4.78 is 41.3. The fourth-order valence-electron chi connectivity index (χ4n) is 4.28. The maximum atomic E-state index is 13.3. The fourth-order valence-corrected chi connectivity index (χ4v) is 4.28. The minimum absolute atomic E-state index is 0.0204. The normalized spacial score (nSPS) is 11.8. The average molecular weight is 489 g/mol. The first-order valence-corrected chi connectivity index (χ1v) is 11.4. The monoisotopic (exact) mass is 488 g/mol. The SMILES string of the molecule is Cc1ccc(-c2c(C)nn3c(=O)n(Cc4ccc(C(F)(F)F)cc4)nc3c2-c2ccc(C)cc2)cc1. The lowest BCUT2D eigenvalue weighted by atomic mass is 9.93. The molecule has 5 aromatic rings. The molecule has 2 heterocycles. The van der Waals surface area contributed by atoms with Gasteiger partial charge in [-0.05, 0) is 49.6 Å². The van der Waals surface area contributed by atoms with E-state index in [2.05, 4.69) is 10.2 Å². The van der Waals surface area contributed by atoms with E-state index in [-0.39, 0.29) is 6.54 Å². The Hall–Kier alpha value is -4.20. The maximum absolute atomic E-state index is 13.3. The van der Waals surface area contributed by atoms with Crippen LogP contribution in [0.15, 0.2) is 77.6 Å². The summed E-state index contributed by atoms with van der Waals surface area (Å²) in [5.41, 5.74) is 6.09. The average Bonchev–Trinajstić information content (AvgIpc) is 3.14. The number of fused-ring (bicyclic) bond motifs is 1. The topological polar surface area (TPSA) is 52.2 Å². The zero-order valence-corrected chi connectivity index (χ0v) is 20.0. The molecule has 3 aromatic carbocycles. The van der Waals surface area contributed by atoms with Crippen LogP contribution in [0.3, 0.4) is 0 Å². The first kappa shape index (κ1) is 23.5. The minimum Gasteiger partial charge on any atom is -0.244 e. The van der Waals surface area contributed by atoms with E-state index in [0.29, 0.717) is 16.9 Å². The van der Waals surface area contributed by atoms with Crippen LogP contribution in [0.4, 0.5) is 13.2 Å². The molecule has 0 bridgehead atoms. The summed E-state index contributed by atoms with van der Waals surface area (Å²) in [4.78, 5) is 13.3. The summed E-state index contributed by atoms with van der Waals surface area (Å²) in [6.07, 6.45) is -4.42. The van der Waals surface area contributed by atoms with Crippen LogP contribution in [0.25, 0.3) is 27.9 Å². The summed E-state index contributed by atoms with van der Waals surface area (Å²) in [5.74, 6) is 0. The lowest BCUT2D eigenvalue weighted by molar-refractivity contribution is -0.137. The van der Waals surface area contributed by atoms with Gasteiger partial charge >= 0.3 is 11.9 Å². The molecule has 2 aromatic heterocycles. The largest absolute Gasteiger partial charge is 0.416 e. The van der Waals surface area contributed by atoms with E-state index < -0.39 is 17.4 Å². The Bertz CT molecular complexity index is 1610. The molecule has 36 heavy (non-hydrogen) atoms. The summed E-state index contributed by atoms with van der Waals surface area (Å²) in [5, 5.41) is 9.16. The predicted octanol–water partition coefficient (Wildman–Crippen LogP) is 6.22. The number of nitrogens with zero attached hydrogens (tertiary/aromatic N) is 4. The van der Waals surface area contributed by atoms with Crippen molar-refractivity contribution in [3.05, 3.63) is 111 Å². The van der Waals surface area contributed by atoms with E-state index in [4.69, 9.17) is 0 Å². The van der Waals surface area contributed by atoms with E-state index in [1.807, 2.05) is 69.3 Å². The number of alkyl halides is 3. The standard InChI is InChI=1S/C28H23F3N4O/c1-17-4-10-21(11-5-17)24-19(3)32-35-26(25(24)22-12-6-18(2)7-13-22)33-34(27(35)36)16-20-8-14-23(15-9-20)28(29,30)31/h4-15H,16H2,1-3H3. The molecule has 0 aliphatic carbocycles.